The molecule has 3 N–H and O–H groups in total. The molecule has 0 heterocycles. The van der Waals surface area contributed by atoms with E-state index in [-0.39, 0.29) is 0 Å². The standard InChI is InChI=1S/C18H37O.C4H6O7S.K/c1-3-5-6-7-8-9-10-11-12-13-14-15-16-17-18-19-4-2;5-3(6)1-2(4(7)8)12(9,10)11;/h4H,3,5-18H2,1-2H3;2H,1H2,(H,5,6)(H,7,8)(H,9,10,11);. The molecule has 0 aliphatic carbocycles. The monoisotopic (exact) mass is 506 g/mol. The van der Waals surface area contributed by atoms with E-state index in [1.165, 1.54) is 89.9 Å². The van der Waals surface area contributed by atoms with Crippen molar-refractivity contribution in [2.75, 3.05) is 6.61 Å². The van der Waals surface area contributed by atoms with E-state index in [9.17, 15) is 18.0 Å². The Labute approximate surface area is 228 Å². The summed E-state index contributed by atoms with van der Waals surface area (Å²) in [5.74, 6) is -3.50. The van der Waals surface area contributed by atoms with Crippen LogP contribution in [0.5, 0.6) is 0 Å². The molecule has 2 atom stereocenters. The maximum atomic E-state index is 10.2. The van der Waals surface area contributed by atoms with E-state index in [0.29, 0.717) is 0.199 Å². The van der Waals surface area contributed by atoms with Gasteiger partial charge in [0.15, 0.2) is 5.25 Å². The van der Waals surface area contributed by atoms with Crippen LogP contribution in [0, 0.1) is 0 Å². The third kappa shape index (κ3) is 26.7. The first-order valence-electron chi connectivity index (χ1n) is 12.0. The fourth-order valence-electron chi connectivity index (χ4n) is 3.09. The van der Waals surface area contributed by atoms with Crippen molar-refractivity contribution in [3.05, 3.63) is 0 Å². The second kappa shape index (κ2) is 23.2. The summed E-state index contributed by atoms with van der Waals surface area (Å²) in [6.45, 7) is 5.49. The van der Waals surface area contributed by atoms with Gasteiger partial charge in [0, 0.05) is 0 Å². The van der Waals surface area contributed by atoms with E-state index in [0.717, 1.165) is 55.6 Å². The molecule has 0 saturated carbocycles. The Morgan fingerprint density at radius 2 is 1.19 bits per heavy atom. The normalized spacial score (nSPS) is 13.2. The molecule has 32 heavy (non-hydrogen) atoms. The van der Waals surface area contributed by atoms with Crippen molar-refractivity contribution in [3.63, 3.8) is 0 Å². The van der Waals surface area contributed by atoms with Crippen LogP contribution < -0.4 is 0 Å². The molecule has 0 bridgehead atoms. The molecule has 0 fully saturated rings. The fourth-order valence-corrected chi connectivity index (χ4v) is 4.07. The van der Waals surface area contributed by atoms with E-state index in [1.807, 2.05) is 0 Å². The van der Waals surface area contributed by atoms with Crippen molar-refractivity contribution in [1.29, 1.82) is 0 Å². The predicted octanol–water partition coefficient (Wildman–Crippen LogP) is 4.80. The number of rotatable bonds is 20. The van der Waals surface area contributed by atoms with Crippen molar-refractivity contribution in [2.45, 2.75) is 116 Å². The zero-order chi connectivity index (χ0) is 24.8. The van der Waals surface area contributed by atoms with Gasteiger partial charge in [0.25, 0.3) is 10.1 Å². The number of carboxylic acids is 2. The molecule has 186 valence electrons. The molecule has 0 saturated heterocycles. The quantitative estimate of drug-likeness (QED) is 0.122. The first kappa shape index (κ1) is 34.6. The van der Waals surface area contributed by atoms with Crippen LogP contribution in [0.25, 0.3) is 0 Å². The molecule has 0 rings (SSSR count). The van der Waals surface area contributed by atoms with Crippen LogP contribution in [0.15, 0.2) is 0 Å². The van der Waals surface area contributed by atoms with Crippen LogP contribution in [0.3, 0.4) is 0 Å². The summed E-state index contributed by atoms with van der Waals surface area (Å²) >= 11 is 0.836. The van der Waals surface area contributed by atoms with Gasteiger partial charge >= 0.3 is 137 Å². The molecule has 0 radical (unpaired) electrons. The van der Waals surface area contributed by atoms with Gasteiger partial charge < -0.3 is 10.2 Å². The van der Waals surface area contributed by atoms with Crippen molar-refractivity contribution >= 4 is 71.0 Å². The minimum atomic E-state index is -4.84. The Morgan fingerprint density at radius 3 is 1.44 bits per heavy atom. The maximum absolute atomic E-state index is 10.2. The number of carboxylic acid groups (broad SMARTS) is 2. The SMILES string of the molecule is CCCCCCCCCCCCCCCCO[CH](C)[K].O=C(O)CC(C(=O)O)S(=O)(=O)O. The third-order valence-corrected chi connectivity index (χ3v) is 6.55. The molecular weight excluding hydrogens is 463 g/mol. The summed E-state index contributed by atoms with van der Waals surface area (Å²) in [7, 11) is -4.84. The molecule has 2 unspecified atom stereocenters. The molecule has 0 aliphatic heterocycles. The summed E-state index contributed by atoms with van der Waals surface area (Å²) in [6, 6.07) is 0. The summed E-state index contributed by atoms with van der Waals surface area (Å²) < 4.78 is 34.9. The minimum absolute atomic E-state index is 0.587. The van der Waals surface area contributed by atoms with Gasteiger partial charge in [-0.1, -0.05) is 39.0 Å². The van der Waals surface area contributed by atoms with E-state index in [1.54, 1.807) is 0 Å². The number of unbranched alkanes of at least 4 members (excludes halogenated alkanes) is 13. The maximum Gasteiger partial charge on any atom is 0.325 e. The average molecular weight is 507 g/mol. The summed E-state index contributed by atoms with van der Waals surface area (Å²) in [5, 5.41) is 13.9. The molecule has 0 aliphatic rings. The molecular formula is C22H43KO8S. The van der Waals surface area contributed by atoms with E-state index < -0.39 is 33.7 Å². The van der Waals surface area contributed by atoms with Gasteiger partial charge in [-0.2, -0.15) is 8.42 Å². The minimum Gasteiger partial charge on any atom is -0.481 e. The molecule has 10 heteroatoms. The molecule has 8 nitrogen and oxygen atoms in total. The van der Waals surface area contributed by atoms with Gasteiger partial charge in [0.05, 0.1) is 6.42 Å². The van der Waals surface area contributed by atoms with Crippen molar-refractivity contribution < 1.29 is 37.5 Å². The first-order chi connectivity index (χ1) is 15.0. The van der Waals surface area contributed by atoms with Crippen LogP contribution in [-0.4, -0.2) is 96.1 Å². The van der Waals surface area contributed by atoms with Gasteiger partial charge in [-0.05, 0) is 0 Å². The average Bonchev–Trinajstić information content (AvgIpc) is 2.68. The van der Waals surface area contributed by atoms with Crippen molar-refractivity contribution in [3.8, 4) is 0 Å². The van der Waals surface area contributed by atoms with Crippen LogP contribution in [-0.2, 0) is 24.4 Å². The van der Waals surface area contributed by atoms with E-state index in [4.69, 9.17) is 19.5 Å². The Bertz CT molecular complexity index is 566. The Kier molecular flexibility index (Phi) is 25.1. The van der Waals surface area contributed by atoms with Gasteiger partial charge in [-0.15, -0.1) is 0 Å². The Hall–Kier alpha value is 0.446. The second-order valence-electron chi connectivity index (χ2n) is 8.46. The van der Waals surface area contributed by atoms with Crippen LogP contribution in [0.4, 0.5) is 0 Å². The van der Waals surface area contributed by atoms with Gasteiger partial charge in [-0.25, -0.2) is 0 Å². The molecule has 0 aromatic carbocycles. The summed E-state index contributed by atoms with van der Waals surface area (Å²) in [4.78, 5) is 20.0. The fraction of sp³-hybridized carbons (Fsp3) is 0.909. The number of hydrogen-bond donors (Lipinski definition) is 3. The van der Waals surface area contributed by atoms with Gasteiger partial charge in [0.1, 0.15) is 0 Å². The van der Waals surface area contributed by atoms with Crippen LogP contribution >= 0.6 is 0 Å². The smallest absolute Gasteiger partial charge is 0.325 e. The first-order valence-corrected chi connectivity index (χ1v) is 15.4. The number of ether oxygens (including phenoxy) is 1. The number of hydrogen-bond acceptors (Lipinski definition) is 5. The van der Waals surface area contributed by atoms with Crippen molar-refractivity contribution in [2.24, 2.45) is 0 Å². The zero-order valence-corrected chi connectivity index (χ0v) is 24.2. The molecule has 0 spiro atoms. The summed E-state index contributed by atoms with van der Waals surface area (Å²) in [5.41, 5.74) is 0. The Morgan fingerprint density at radius 1 is 0.812 bits per heavy atom. The van der Waals surface area contributed by atoms with Crippen LogP contribution in [0.1, 0.15) is 110 Å². The Balaban J connectivity index is 0. The van der Waals surface area contributed by atoms with Gasteiger partial charge in [0.2, 0.25) is 0 Å². The zero-order valence-electron chi connectivity index (χ0n) is 20.3. The molecule has 0 aromatic rings. The number of carbonyl (C=O) groups is 2. The topological polar surface area (TPSA) is 138 Å². The van der Waals surface area contributed by atoms with Crippen molar-refractivity contribution in [1.82, 2.24) is 0 Å². The third-order valence-electron chi connectivity index (χ3n) is 4.94. The molecule has 0 amide bonds. The second-order valence-corrected chi connectivity index (χ2v) is 12.6. The largest absolute Gasteiger partial charge is 0.481 e. The van der Waals surface area contributed by atoms with E-state index >= 15 is 0 Å². The molecule has 0 aromatic heterocycles. The summed E-state index contributed by atoms with van der Waals surface area (Å²) in [6.07, 6.45) is 18.9. The van der Waals surface area contributed by atoms with Crippen LogP contribution in [0.2, 0.25) is 0 Å². The van der Waals surface area contributed by atoms with E-state index in [2.05, 4.69) is 13.8 Å². The van der Waals surface area contributed by atoms with Gasteiger partial charge in [-0.3, -0.25) is 14.1 Å². The predicted molar refractivity (Wildman–Crippen MR) is 127 cm³/mol. The number of aliphatic carboxylic acids is 2.